The Balaban J connectivity index is 0.835. The Labute approximate surface area is 325 Å². The molecule has 4 aromatic rings. The van der Waals surface area contributed by atoms with Gasteiger partial charge in [0.1, 0.15) is 18.8 Å². The van der Waals surface area contributed by atoms with E-state index < -0.39 is 47.7 Å². The monoisotopic (exact) mass is 783 g/mol. The van der Waals surface area contributed by atoms with Crippen molar-refractivity contribution in [1.82, 2.24) is 30.3 Å². The van der Waals surface area contributed by atoms with E-state index in [9.17, 15) is 28.3 Å². The maximum atomic E-state index is 15.9. The summed E-state index contributed by atoms with van der Waals surface area (Å²) >= 11 is 0. The topological polar surface area (TPSA) is 156 Å². The zero-order chi connectivity index (χ0) is 39.6. The average Bonchev–Trinajstić information content (AvgIpc) is 3.76. The summed E-state index contributed by atoms with van der Waals surface area (Å²) in [6.07, 6.45) is 1.77. The summed E-state index contributed by atoms with van der Waals surface area (Å²) in [6.45, 7) is 4.94. The number of fused-ring (bicyclic) bond motifs is 4. The summed E-state index contributed by atoms with van der Waals surface area (Å²) in [5.41, 5.74) is 3.33. The van der Waals surface area contributed by atoms with Crippen LogP contribution in [0.5, 0.6) is 11.6 Å². The van der Waals surface area contributed by atoms with E-state index in [0.29, 0.717) is 68.3 Å². The summed E-state index contributed by atoms with van der Waals surface area (Å²) in [6, 6.07) is 10.9. The number of piperidine rings is 1. The summed E-state index contributed by atoms with van der Waals surface area (Å²) in [5, 5.41) is 24.2. The third kappa shape index (κ3) is 6.42. The Morgan fingerprint density at radius 1 is 1.04 bits per heavy atom. The molecule has 57 heavy (non-hydrogen) atoms. The van der Waals surface area contributed by atoms with Crippen molar-refractivity contribution in [3.8, 4) is 22.9 Å². The zero-order valence-corrected chi connectivity index (χ0v) is 31.1. The Bertz CT molecular complexity index is 2310. The molecular weight excluding hydrogens is 743 g/mol. The number of para-hydroxylation sites is 1. The number of halogens is 3. The second-order valence-corrected chi connectivity index (χ2v) is 15.4. The van der Waals surface area contributed by atoms with Crippen LogP contribution in [0, 0.1) is 18.6 Å². The molecule has 7 heterocycles. The van der Waals surface area contributed by atoms with Gasteiger partial charge >= 0.3 is 0 Å². The quantitative estimate of drug-likeness (QED) is 0.223. The first-order chi connectivity index (χ1) is 27.5. The van der Waals surface area contributed by atoms with Crippen LogP contribution in [-0.2, 0) is 22.7 Å². The third-order valence-electron chi connectivity index (χ3n) is 12.0. The minimum absolute atomic E-state index is 0.149. The number of carbonyl (C=O) groups excluding carboxylic acids is 3. The first-order valence-corrected chi connectivity index (χ1v) is 19.0. The number of piperazine rings is 1. The molecule has 3 saturated heterocycles. The van der Waals surface area contributed by atoms with Gasteiger partial charge in [-0.3, -0.25) is 24.6 Å². The minimum Gasteiger partial charge on any atom is -0.504 e. The van der Waals surface area contributed by atoms with Gasteiger partial charge in [-0.15, -0.1) is 10.2 Å². The number of phenolic OH excluding ortho intramolecular Hbond substituents is 1. The second kappa shape index (κ2) is 14.2. The highest BCUT2D eigenvalue weighted by atomic mass is 19.1. The molecule has 3 fully saturated rings. The molecule has 0 bridgehead atoms. The molecule has 14 nitrogen and oxygen atoms in total. The normalized spacial score (nSPS) is 23.2. The van der Waals surface area contributed by atoms with Crippen LogP contribution < -0.4 is 25.2 Å². The van der Waals surface area contributed by atoms with Gasteiger partial charge in [0.2, 0.25) is 11.8 Å². The van der Waals surface area contributed by atoms with E-state index >= 15 is 4.39 Å². The van der Waals surface area contributed by atoms with Gasteiger partial charge in [-0.2, -0.15) is 0 Å². The lowest BCUT2D eigenvalue weighted by Crippen LogP contribution is -2.54. The summed E-state index contributed by atoms with van der Waals surface area (Å²) in [5.74, 6) is -2.65. The van der Waals surface area contributed by atoms with Crippen LogP contribution >= 0.6 is 0 Å². The van der Waals surface area contributed by atoms with Gasteiger partial charge < -0.3 is 29.9 Å². The van der Waals surface area contributed by atoms with Crippen LogP contribution in [0.15, 0.2) is 48.7 Å². The molecule has 0 unspecified atom stereocenters. The van der Waals surface area contributed by atoms with E-state index in [2.05, 4.69) is 35.6 Å². The van der Waals surface area contributed by atoms with Crippen molar-refractivity contribution in [3.05, 3.63) is 82.5 Å². The lowest BCUT2D eigenvalue weighted by molar-refractivity contribution is -0.136. The molecule has 5 aliphatic heterocycles. The molecule has 0 spiro atoms. The van der Waals surface area contributed by atoms with E-state index in [1.165, 1.54) is 12.1 Å². The summed E-state index contributed by atoms with van der Waals surface area (Å²) in [4.78, 5) is 49.6. The van der Waals surface area contributed by atoms with Crippen molar-refractivity contribution in [3.63, 3.8) is 0 Å². The molecule has 3 atom stereocenters. The van der Waals surface area contributed by atoms with Gasteiger partial charge in [-0.1, -0.05) is 12.1 Å². The molecule has 3 N–H and O–H groups in total. The number of ether oxygens (including phenoxy) is 1. The van der Waals surface area contributed by atoms with Crippen molar-refractivity contribution in [2.24, 2.45) is 0 Å². The van der Waals surface area contributed by atoms with Crippen molar-refractivity contribution in [2.45, 2.75) is 57.0 Å². The Morgan fingerprint density at radius 2 is 1.86 bits per heavy atom. The van der Waals surface area contributed by atoms with E-state index in [1.807, 2.05) is 23.1 Å². The lowest BCUT2D eigenvalue weighted by atomic mass is 9.94. The van der Waals surface area contributed by atoms with E-state index in [0.717, 1.165) is 22.9 Å². The molecule has 17 heteroatoms. The SMILES string of the molecule is Cc1c(CN2CCN(c3ccc4c(c3)C(=O)N([C@H]3CCC(=O)NC3=O)C4)CC2)cnc(O[C@H]2CN3c4cc(-c5cccc(F)c5O)nnc4NC[C@@]3(CF)C2)c1F. The standard InChI is InChI=1S/C40H40F3N9O5/c1-22-24(17-49-9-11-50(12-10-49)25-6-5-23-18-51(39(56)28(23)13-25)31-7-8-33(53)46-37(31)55)16-44-38(34(22)43)57-26-15-40(20-41)21-45-36-32(52(40)19-26)14-30(47-48-36)27-3-2-4-29(42)35(27)54/h2-6,13-14,16,26,31,54H,7-12,15,17-21H2,1H3,(H,45,48)(H,46,53,55)/t26-,31+,40+/m1/s1. The first kappa shape index (κ1) is 36.7. The fourth-order valence-corrected chi connectivity index (χ4v) is 8.72. The number of nitrogens with zero attached hydrogens (tertiary/aromatic N) is 7. The largest absolute Gasteiger partial charge is 0.504 e. The third-order valence-corrected chi connectivity index (χ3v) is 12.0. The Kier molecular flexibility index (Phi) is 9.13. The molecule has 0 radical (unpaired) electrons. The lowest BCUT2D eigenvalue weighted by Gasteiger charge is -2.42. The number of anilines is 3. The van der Waals surface area contributed by atoms with Crippen LogP contribution in [0.2, 0.25) is 0 Å². The predicted molar refractivity (Wildman–Crippen MR) is 202 cm³/mol. The summed E-state index contributed by atoms with van der Waals surface area (Å²) < 4.78 is 51.1. The number of imide groups is 1. The molecule has 5 aliphatic rings. The number of pyridine rings is 1. The number of alkyl halides is 1. The van der Waals surface area contributed by atoms with Crippen molar-refractivity contribution in [2.75, 3.05) is 61.1 Å². The van der Waals surface area contributed by atoms with E-state index in [-0.39, 0.29) is 54.9 Å². The smallest absolute Gasteiger partial charge is 0.255 e. The number of hydrogen-bond acceptors (Lipinski definition) is 12. The van der Waals surface area contributed by atoms with Crippen molar-refractivity contribution >= 4 is 34.9 Å². The number of benzene rings is 2. The Morgan fingerprint density at radius 3 is 2.65 bits per heavy atom. The zero-order valence-electron chi connectivity index (χ0n) is 31.1. The molecule has 2 aromatic carbocycles. The molecular formula is C40H40F3N9O5. The number of aromatic nitrogens is 3. The highest BCUT2D eigenvalue weighted by Crippen LogP contribution is 2.44. The van der Waals surface area contributed by atoms with Gasteiger partial charge in [-0.05, 0) is 60.4 Å². The molecule has 0 aliphatic carbocycles. The highest BCUT2D eigenvalue weighted by molar-refractivity contribution is 6.05. The van der Waals surface area contributed by atoms with E-state index in [1.54, 1.807) is 24.1 Å². The number of amides is 3. The molecule has 9 rings (SSSR count). The van der Waals surface area contributed by atoms with Crippen LogP contribution in [0.25, 0.3) is 11.3 Å². The van der Waals surface area contributed by atoms with Gasteiger partial charge in [0.15, 0.2) is 23.2 Å². The first-order valence-electron chi connectivity index (χ1n) is 19.0. The average molecular weight is 784 g/mol. The van der Waals surface area contributed by atoms with Crippen molar-refractivity contribution in [1.29, 1.82) is 0 Å². The highest BCUT2D eigenvalue weighted by Gasteiger charge is 2.51. The molecule has 3 amide bonds. The van der Waals surface area contributed by atoms with Gasteiger partial charge in [0, 0.05) is 81.7 Å². The van der Waals surface area contributed by atoms with Crippen LogP contribution in [0.1, 0.15) is 46.3 Å². The Hall–Kier alpha value is -5.97. The summed E-state index contributed by atoms with van der Waals surface area (Å²) in [7, 11) is 0. The molecule has 296 valence electrons. The number of nitrogens with one attached hydrogen (secondary N) is 2. The molecule has 2 aromatic heterocycles. The second-order valence-electron chi connectivity index (χ2n) is 15.4. The van der Waals surface area contributed by atoms with Gasteiger partial charge in [0.05, 0.1) is 23.5 Å². The minimum atomic E-state index is -1.01. The van der Waals surface area contributed by atoms with Crippen LogP contribution in [0.4, 0.5) is 30.4 Å². The predicted octanol–water partition coefficient (Wildman–Crippen LogP) is 3.71. The fraction of sp³-hybridized carbons (Fsp3) is 0.400. The number of phenols is 1. The van der Waals surface area contributed by atoms with Crippen molar-refractivity contribution < 1.29 is 37.4 Å². The van der Waals surface area contributed by atoms with E-state index in [4.69, 9.17) is 4.74 Å². The fourth-order valence-electron chi connectivity index (χ4n) is 8.72. The number of rotatable bonds is 8. The van der Waals surface area contributed by atoms with Gasteiger partial charge in [0.25, 0.3) is 11.8 Å². The number of hydrogen-bond donors (Lipinski definition) is 3. The van der Waals surface area contributed by atoms with Crippen LogP contribution in [-0.4, -0.2) is 111 Å². The molecule has 0 saturated carbocycles. The maximum Gasteiger partial charge on any atom is 0.255 e. The maximum absolute atomic E-state index is 15.9. The number of aromatic hydroxyl groups is 1. The number of carbonyl (C=O) groups is 3. The van der Waals surface area contributed by atoms with Gasteiger partial charge in [-0.25, -0.2) is 18.2 Å². The van der Waals surface area contributed by atoms with Crippen LogP contribution in [0.3, 0.4) is 0 Å².